The number of hydrogen-bond donors (Lipinski definition) is 2. The van der Waals surface area contributed by atoms with Gasteiger partial charge in [0.05, 0.1) is 10.6 Å². The molecule has 1 atom stereocenters. The van der Waals surface area contributed by atoms with Crippen LogP contribution in [0.1, 0.15) is 18.1 Å². The van der Waals surface area contributed by atoms with E-state index in [-0.39, 0.29) is 5.82 Å². The topological polar surface area (TPSA) is 32.3 Å². The molecule has 1 unspecified atom stereocenters. The molecule has 0 bridgehead atoms. The summed E-state index contributed by atoms with van der Waals surface area (Å²) in [6, 6.07) is 3.41. The van der Waals surface area contributed by atoms with Crippen molar-refractivity contribution in [1.82, 2.24) is 0 Å². The van der Waals surface area contributed by atoms with E-state index >= 15 is 0 Å². The third-order valence-corrected chi connectivity index (χ3v) is 2.81. The Bertz CT molecular complexity index is 343. The van der Waals surface area contributed by atoms with Gasteiger partial charge in [0, 0.05) is 17.8 Å². The molecule has 1 aromatic rings. The summed E-state index contributed by atoms with van der Waals surface area (Å²) in [6.45, 7) is 0.690. The van der Waals surface area contributed by atoms with Crippen molar-refractivity contribution >= 4 is 21.6 Å². The summed E-state index contributed by atoms with van der Waals surface area (Å²) in [4.78, 5) is 0. The zero-order valence-corrected chi connectivity index (χ0v) is 8.44. The lowest BCUT2D eigenvalue weighted by Gasteiger charge is -2.23. The van der Waals surface area contributed by atoms with E-state index < -0.39 is 6.10 Å². The first-order valence-corrected chi connectivity index (χ1v) is 4.89. The largest absolute Gasteiger partial charge is 0.388 e. The van der Waals surface area contributed by atoms with Crippen LogP contribution in [-0.4, -0.2) is 11.7 Å². The van der Waals surface area contributed by atoms with Crippen molar-refractivity contribution in [3.05, 3.63) is 28.0 Å². The van der Waals surface area contributed by atoms with Gasteiger partial charge in [-0.3, -0.25) is 0 Å². The smallest absolute Gasteiger partial charge is 0.145 e. The number of aliphatic hydroxyl groups excluding tert-OH is 1. The Kier molecular flexibility index (Phi) is 2.26. The summed E-state index contributed by atoms with van der Waals surface area (Å²) in [5, 5.41) is 12.6. The average Bonchev–Trinajstić information content (AvgIpc) is 2.12. The summed E-state index contributed by atoms with van der Waals surface area (Å²) >= 11 is 3.09. The fraction of sp³-hybridized carbons (Fsp3) is 0.333. The lowest BCUT2D eigenvalue weighted by molar-refractivity contribution is 0.163. The predicted molar refractivity (Wildman–Crippen MR) is 52.2 cm³/mol. The highest BCUT2D eigenvalue weighted by Crippen LogP contribution is 2.34. The number of benzene rings is 1. The molecule has 0 amide bonds. The number of halogens is 2. The normalized spacial score (nSPS) is 20.7. The van der Waals surface area contributed by atoms with Crippen molar-refractivity contribution in [2.75, 3.05) is 11.9 Å². The highest BCUT2D eigenvalue weighted by Gasteiger charge is 2.22. The molecule has 0 radical (unpaired) electrons. The quantitative estimate of drug-likeness (QED) is 0.736. The third kappa shape index (κ3) is 1.44. The summed E-state index contributed by atoms with van der Waals surface area (Å²) in [7, 11) is 0. The predicted octanol–water partition coefficient (Wildman–Crippen LogP) is 2.44. The zero-order valence-electron chi connectivity index (χ0n) is 6.85. The number of aliphatic hydroxyl groups is 1. The fourth-order valence-electron chi connectivity index (χ4n) is 1.53. The minimum Gasteiger partial charge on any atom is -0.388 e. The first kappa shape index (κ1) is 8.97. The third-order valence-electron chi connectivity index (χ3n) is 2.20. The molecule has 1 aliphatic rings. The highest BCUT2D eigenvalue weighted by atomic mass is 79.9. The minimum absolute atomic E-state index is 0.364. The van der Waals surface area contributed by atoms with Crippen LogP contribution < -0.4 is 5.32 Å². The molecule has 1 aromatic carbocycles. The fourth-order valence-corrected chi connectivity index (χ4v) is 1.88. The number of rotatable bonds is 0. The molecule has 4 heteroatoms. The highest BCUT2D eigenvalue weighted by molar-refractivity contribution is 9.10. The van der Waals surface area contributed by atoms with Gasteiger partial charge in [-0.2, -0.15) is 0 Å². The SMILES string of the molecule is OC1CCNc2ccc(Br)c(F)c21. The van der Waals surface area contributed by atoms with E-state index in [9.17, 15) is 9.50 Å². The number of fused-ring (bicyclic) bond motifs is 1. The van der Waals surface area contributed by atoms with Gasteiger partial charge in [0.2, 0.25) is 0 Å². The van der Waals surface area contributed by atoms with Crippen LogP contribution >= 0.6 is 15.9 Å². The van der Waals surface area contributed by atoms with E-state index in [1.807, 2.05) is 0 Å². The maximum Gasteiger partial charge on any atom is 0.145 e. The van der Waals surface area contributed by atoms with Crippen LogP contribution in [0.5, 0.6) is 0 Å². The molecule has 13 heavy (non-hydrogen) atoms. The van der Waals surface area contributed by atoms with Gasteiger partial charge in [-0.05, 0) is 34.5 Å². The average molecular weight is 246 g/mol. The van der Waals surface area contributed by atoms with Crippen LogP contribution in [0.25, 0.3) is 0 Å². The maximum atomic E-state index is 13.5. The van der Waals surface area contributed by atoms with Crippen LogP contribution in [0.4, 0.5) is 10.1 Å². The molecule has 0 saturated heterocycles. The van der Waals surface area contributed by atoms with Gasteiger partial charge in [0.25, 0.3) is 0 Å². The zero-order chi connectivity index (χ0) is 9.42. The van der Waals surface area contributed by atoms with E-state index in [2.05, 4.69) is 21.2 Å². The molecule has 2 N–H and O–H groups in total. The van der Waals surface area contributed by atoms with Crippen LogP contribution in [-0.2, 0) is 0 Å². The Morgan fingerprint density at radius 3 is 3.08 bits per heavy atom. The molecule has 0 saturated carbocycles. The molecule has 70 valence electrons. The number of nitrogens with one attached hydrogen (secondary N) is 1. The van der Waals surface area contributed by atoms with E-state index in [1.165, 1.54) is 0 Å². The van der Waals surface area contributed by atoms with E-state index in [0.29, 0.717) is 28.7 Å². The summed E-state index contributed by atoms with van der Waals surface area (Å²) in [6.07, 6.45) is -0.130. The second-order valence-corrected chi connectivity index (χ2v) is 3.91. The van der Waals surface area contributed by atoms with Gasteiger partial charge < -0.3 is 10.4 Å². The van der Waals surface area contributed by atoms with Gasteiger partial charge in [-0.15, -0.1) is 0 Å². The molecule has 0 fully saturated rings. The van der Waals surface area contributed by atoms with Crippen molar-refractivity contribution < 1.29 is 9.50 Å². The monoisotopic (exact) mass is 245 g/mol. The maximum absolute atomic E-state index is 13.5. The van der Waals surface area contributed by atoms with Crippen LogP contribution in [0.15, 0.2) is 16.6 Å². The first-order chi connectivity index (χ1) is 6.20. The second-order valence-electron chi connectivity index (χ2n) is 3.05. The van der Waals surface area contributed by atoms with E-state index in [4.69, 9.17) is 0 Å². The minimum atomic E-state index is -0.686. The van der Waals surface area contributed by atoms with Crippen molar-refractivity contribution in [3.63, 3.8) is 0 Å². The molecular weight excluding hydrogens is 237 g/mol. The Hall–Kier alpha value is -0.610. The number of hydrogen-bond acceptors (Lipinski definition) is 2. The molecule has 0 aromatic heterocycles. The molecular formula is C9H9BrFNO. The lowest BCUT2D eigenvalue weighted by Crippen LogP contribution is -2.17. The van der Waals surface area contributed by atoms with E-state index in [1.54, 1.807) is 12.1 Å². The van der Waals surface area contributed by atoms with Gasteiger partial charge in [-0.25, -0.2) is 4.39 Å². The summed E-state index contributed by atoms with van der Waals surface area (Å²) in [5.74, 6) is -0.364. The second kappa shape index (κ2) is 3.27. The summed E-state index contributed by atoms with van der Waals surface area (Å²) < 4.78 is 13.9. The summed E-state index contributed by atoms with van der Waals surface area (Å²) in [5.41, 5.74) is 1.07. The standard InChI is InChI=1S/C9H9BrFNO/c10-5-1-2-6-8(9(5)11)7(13)3-4-12-6/h1-2,7,12-13H,3-4H2. The molecule has 1 aliphatic heterocycles. The molecule has 2 nitrogen and oxygen atoms in total. The molecule has 2 rings (SSSR count). The van der Waals surface area contributed by atoms with Crippen LogP contribution in [0.3, 0.4) is 0 Å². The van der Waals surface area contributed by atoms with Crippen molar-refractivity contribution in [1.29, 1.82) is 0 Å². The van der Waals surface area contributed by atoms with Crippen molar-refractivity contribution in [3.8, 4) is 0 Å². The van der Waals surface area contributed by atoms with Gasteiger partial charge >= 0.3 is 0 Å². The molecule has 0 spiro atoms. The lowest BCUT2D eigenvalue weighted by atomic mass is 10.0. The van der Waals surface area contributed by atoms with Gasteiger partial charge in [-0.1, -0.05) is 0 Å². The van der Waals surface area contributed by atoms with Crippen LogP contribution in [0, 0.1) is 5.82 Å². The van der Waals surface area contributed by atoms with Crippen molar-refractivity contribution in [2.45, 2.75) is 12.5 Å². The Balaban J connectivity index is 2.58. The molecule has 1 heterocycles. The number of anilines is 1. The Morgan fingerprint density at radius 1 is 1.54 bits per heavy atom. The van der Waals surface area contributed by atoms with Gasteiger partial charge in [0.1, 0.15) is 5.82 Å². The Labute approximate surface area is 83.9 Å². The van der Waals surface area contributed by atoms with Crippen molar-refractivity contribution in [2.24, 2.45) is 0 Å². The molecule has 0 aliphatic carbocycles. The Morgan fingerprint density at radius 2 is 2.31 bits per heavy atom. The van der Waals surface area contributed by atoms with Gasteiger partial charge in [0.15, 0.2) is 0 Å². The van der Waals surface area contributed by atoms with Crippen LogP contribution in [0.2, 0.25) is 0 Å². The van der Waals surface area contributed by atoms with E-state index in [0.717, 1.165) is 0 Å². The first-order valence-electron chi connectivity index (χ1n) is 4.10.